The number of nitrogens with zero attached hydrogens (tertiary/aromatic N) is 2. The minimum atomic E-state index is -0.224. The molecule has 0 unspecified atom stereocenters. The summed E-state index contributed by atoms with van der Waals surface area (Å²) < 4.78 is 5.03. The van der Waals surface area contributed by atoms with Gasteiger partial charge in [0.2, 0.25) is 0 Å². The van der Waals surface area contributed by atoms with Crippen molar-refractivity contribution in [1.29, 1.82) is 0 Å². The molecule has 2 aliphatic heterocycles. The fourth-order valence-corrected chi connectivity index (χ4v) is 3.40. The first kappa shape index (κ1) is 15.1. The number of rotatable bonds is 3. The lowest BCUT2D eigenvalue weighted by Crippen LogP contribution is -2.48. The molecule has 1 amide bonds. The number of aromatic hydroxyl groups is 1. The van der Waals surface area contributed by atoms with Crippen LogP contribution < -0.4 is 10.1 Å². The van der Waals surface area contributed by atoms with E-state index in [0.29, 0.717) is 17.4 Å². The number of likely N-dealkylation sites (N-methyl/N-ethyl adjacent to an activating group) is 1. The Hall–Kier alpha value is -1.79. The highest BCUT2D eigenvalue weighted by Gasteiger charge is 2.35. The van der Waals surface area contributed by atoms with Crippen molar-refractivity contribution >= 4 is 5.91 Å². The quantitative estimate of drug-likeness (QED) is 0.852. The molecule has 1 aromatic rings. The van der Waals surface area contributed by atoms with Crippen LogP contribution in [0.2, 0.25) is 0 Å². The molecule has 120 valence electrons. The molecule has 1 aromatic carbocycles. The molecule has 0 bridgehead atoms. The molecule has 3 rings (SSSR count). The topological polar surface area (TPSA) is 65.0 Å². The van der Waals surface area contributed by atoms with Gasteiger partial charge in [0.05, 0.1) is 12.7 Å². The number of carbonyl (C=O) groups is 1. The molecule has 0 aliphatic carbocycles. The fourth-order valence-electron chi connectivity index (χ4n) is 3.40. The standard InChI is InChI=1S/C16H23N3O3/c1-18-5-6-19-9-11(7-12(19)10-18)17-16(21)14-4-3-13(22-2)8-15(14)20/h3-4,8,11-12,20H,5-7,9-10H2,1-2H3,(H,17,21)/t11-,12-/m0/s1. The summed E-state index contributed by atoms with van der Waals surface area (Å²) in [6.45, 7) is 4.08. The van der Waals surface area contributed by atoms with E-state index >= 15 is 0 Å². The highest BCUT2D eigenvalue weighted by molar-refractivity contribution is 5.97. The van der Waals surface area contributed by atoms with Gasteiger partial charge in [-0.25, -0.2) is 0 Å². The molecular formula is C16H23N3O3. The van der Waals surface area contributed by atoms with Crippen LogP contribution in [0.1, 0.15) is 16.8 Å². The average Bonchev–Trinajstić information content (AvgIpc) is 2.88. The van der Waals surface area contributed by atoms with Crippen LogP contribution in [0.15, 0.2) is 18.2 Å². The van der Waals surface area contributed by atoms with Crippen molar-refractivity contribution in [1.82, 2.24) is 15.1 Å². The van der Waals surface area contributed by atoms with E-state index < -0.39 is 0 Å². The van der Waals surface area contributed by atoms with Crippen molar-refractivity contribution in [3.63, 3.8) is 0 Å². The summed E-state index contributed by atoms with van der Waals surface area (Å²) in [4.78, 5) is 17.1. The number of nitrogens with one attached hydrogen (secondary N) is 1. The molecule has 0 spiro atoms. The van der Waals surface area contributed by atoms with Crippen molar-refractivity contribution < 1.29 is 14.6 Å². The maximum absolute atomic E-state index is 12.4. The van der Waals surface area contributed by atoms with Crippen LogP contribution in [-0.2, 0) is 0 Å². The third-order valence-electron chi connectivity index (χ3n) is 4.60. The first-order chi connectivity index (χ1) is 10.6. The maximum atomic E-state index is 12.4. The van der Waals surface area contributed by atoms with Gasteiger partial charge in [-0.15, -0.1) is 0 Å². The third kappa shape index (κ3) is 3.03. The number of fused-ring (bicyclic) bond motifs is 1. The lowest BCUT2D eigenvalue weighted by atomic mass is 10.1. The van der Waals surface area contributed by atoms with Crippen molar-refractivity contribution in [2.24, 2.45) is 0 Å². The van der Waals surface area contributed by atoms with Crippen molar-refractivity contribution in [3.05, 3.63) is 23.8 Å². The van der Waals surface area contributed by atoms with E-state index in [1.807, 2.05) is 0 Å². The zero-order valence-corrected chi connectivity index (χ0v) is 13.1. The van der Waals surface area contributed by atoms with Gasteiger partial charge in [0.25, 0.3) is 5.91 Å². The van der Waals surface area contributed by atoms with Crippen LogP contribution in [0.4, 0.5) is 0 Å². The number of hydrogen-bond acceptors (Lipinski definition) is 5. The Morgan fingerprint density at radius 3 is 2.91 bits per heavy atom. The Kier molecular flexibility index (Phi) is 4.22. The van der Waals surface area contributed by atoms with E-state index in [0.717, 1.165) is 32.6 Å². The zero-order chi connectivity index (χ0) is 15.7. The van der Waals surface area contributed by atoms with Gasteiger partial charge in [-0.2, -0.15) is 0 Å². The Balaban J connectivity index is 1.63. The van der Waals surface area contributed by atoms with Crippen molar-refractivity contribution in [3.8, 4) is 11.5 Å². The molecule has 2 N–H and O–H groups in total. The molecule has 22 heavy (non-hydrogen) atoms. The third-order valence-corrected chi connectivity index (χ3v) is 4.60. The molecule has 0 aromatic heterocycles. The highest BCUT2D eigenvalue weighted by atomic mass is 16.5. The normalized spacial score (nSPS) is 25.7. The number of piperazine rings is 1. The Labute approximate surface area is 130 Å². The minimum absolute atomic E-state index is 0.0488. The predicted molar refractivity (Wildman–Crippen MR) is 83.4 cm³/mol. The van der Waals surface area contributed by atoms with E-state index in [4.69, 9.17) is 4.74 Å². The number of benzene rings is 1. The number of hydrogen-bond donors (Lipinski definition) is 2. The molecule has 2 fully saturated rings. The summed E-state index contributed by atoms with van der Waals surface area (Å²) in [5, 5.41) is 13.0. The molecule has 2 heterocycles. The number of amides is 1. The van der Waals surface area contributed by atoms with E-state index in [9.17, 15) is 9.90 Å². The van der Waals surface area contributed by atoms with Gasteiger partial charge in [-0.3, -0.25) is 9.69 Å². The van der Waals surface area contributed by atoms with Gasteiger partial charge in [0, 0.05) is 44.3 Å². The second-order valence-corrected chi connectivity index (χ2v) is 6.20. The lowest BCUT2D eigenvalue weighted by molar-refractivity contribution is 0.0934. The van der Waals surface area contributed by atoms with Gasteiger partial charge < -0.3 is 20.1 Å². The summed E-state index contributed by atoms with van der Waals surface area (Å²) in [6, 6.07) is 5.40. The first-order valence-corrected chi connectivity index (χ1v) is 7.67. The van der Waals surface area contributed by atoms with Crippen LogP contribution in [0.3, 0.4) is 0 Å². The van der Waals surface area contributed by atoms with E-state index in [2.05, 4.69) is 22.2 Å². The van der Waals surface area contributed by atoms with E-state index in [1.54, 1.807) is 12.1 Å². The van der Waals surface area contributed by atoms with Gasteiger partial charge in [0.15, 0.2) is 0 Å². The molecule has 0 radical (unpaired) electrons. The Morgan fingerprint density at radius 1 is 1.36 bits per heavy atom. The summed E-state index contributed by atoms with van der Waals surface area (Å²) >= 11 is 0. The largest absolute Gasteiger partial charge is 0.507 e. The minimum Gasteiger partial charge on any atom is -0.507 e. The molecule has 6 nitrogen and oxygen atoms in total. The molecule has 2 aliphatic rings. The van der Waals surface area contributed by atoms with E-state index in [1.165, 1.54) is 13.2 Å². The number of ether oxygens (including phenoxy) is 1. The Morgan fingerprint density at radius 2 is 2.18 bits per heavy atom. The number of phenolic OH excluding ortho intramolecular Hbond substituents is 1. The summed E-state index contributed by atoms with van der Waals surface area (Å²) in [7, 11) is 3.67. The number of phenols is 1. The predicted octanol–water partition coefficient (Wildman–Crippen LogP) is 0.519. The van der Waals surface area contributed by atoms with Crippen LogP contribution in [0, 0.1) is 0 Å². The molecular weight excluding hydrogens is 282 g/mol. The van der Waals surface area contributed by atoms with Crippen LogP contribution in [-0.4, -0.2) is 73.2 Å². The van der Waals surface area contributed by atoms with Crippen LogP contribution >= 0.6 is 0 Å². The summed E-state index contributed by atoms with van der Waals surface area (Å²) in [5.41, 5.74) is 0.294. The highest BCUT2D eigenvalue weighted by Crippen LogP contribution is 2.25. The maximum Gasteiger partial charge on any atom is 0.255 e. The van der Waals surface area contributed by atoms with Gasteiger partial charge in [0.1, 0.15) is 11.5 Å². The Bertz CT molecular complexity index is 564. The average molecular weight is 305 g/mol. The monoisotopic (exact) mass is 305 g/mol. The van der Waals surface area contributed by atoms with Crippen molar-refractivity contribution in [2.75, 3.05) is 40.3 Å². The number of carbonyl (C=O) groups excluding carboxylic acids is 1. The van der Waals surface area contributed by atoms with Crippen LogP contribution in [0.5, 0.6) is 11.5 Å². The summed E-state index contributed by atoms with van der Waals surface area (Å²) in [5.74, 6) is 0.265. The van der Waals surface area contributed by atoms with Gasteiger partial charge in [-0.05, 0) is 25.6 Å². The lowest BCUT2D eigenvalue weighted by Gasteiger charge is -2.34. The van der Waals surface area contributed by atoms with Gasteiger partial charge >= 0.3 is 0 Å². The van der Waals surface area contributed by atoms with Crippen LogP contribution in [0.25, 0.3) is 0 Å². The second kappa shape index (κ2) is 6.14. The fraction of sp³-hybridized carbons (Fsp3) is 0.562. The van der Waals surface area contributed by atoms with Gasteiger partial charge in [-0.1, -0.05) is 0 Å². The van der Waals surface area contributed by atoms with Crippen molar-refractivity contribution in [2.45, 2.75) is 18.5 Å². The smallest absolute Gasteiger partial charge is 0.255 e. The first-order valence-electron chi connectivity index (χ1n) is 7.67. The second-order valence-electron chi connectivity index (χ2n) is 6.20. The SMILES string of the molecule is COc1ccc(C(=O)N[C@H]2C[C@H]3CN(C)CCN3C2)c(O)c1. The molecule has 2 atom stereocenters. The molecule has 6 heteroatoms. The molecule has 2 saturated heterocycles. The summed E-state index contributed by atoms with van der Waals surface area (Å²) in [6.07, 6.45) is 0.965. The zero-order valence-electron chi connectivity index (χ0n) is 13.1. The molecule has 0 saturated carbocycles. The number of methoxy groups -OCH3 is 1. The van der Waals surface area contributed by atoms with E-state index in [-0.39, 0.29) is 17.7 Å².